The molecule has 0 bridgehead atoms. The Morgan fingerprint density at radius 3 is 1.91 bits per heavy atom. The SMILES string of the molecule is CCCCCCc1sc(-c2cc[c]([Sn]([CH2]CCC)([CH2]CCC)[CH2]CCC)s2)c2c1OCCO2. The molecule has 3 heterocycles. The van der Waals surface area contributed by atoms with E-state index in [1.54, 1.807) is 0 Å². The number of hydrogen-bond acceptors (Lipinski definition) is 4. The summed E-state index contributed by atoms with van der Waals surface area (Å²) in [6.45, 7) is 10.7. The molecule has 0 N–H and O–H groups in total. The number of aryl methyl sites for hydroxylation is 1. The molecular weight excluding hydrogens is 551 g/mol. The minimum absolute atomic E-state index is 0.677. The van der Waals surface area contributed by atoms with E-state index in [2.05, 4.69) is 51.2 Å². The van der Waals surface area contributed by atoms with Crippen LogP contribution in [0.15, 0.2) is 12.1 Å². The molecule has 3 rings (SSSR count). The molecule has 0 saturated heterocycles. The van der Waals surface area contributed by atoms with Crippen LogP contribution < -0.4 is 12.4 Å². The van der Waals surface area contributed by atoms with Crippen LogP contribution in [0.5, 0.6) is 11.5 Å². The standard InChI is InChI=1S/C16H19O2S2.3C4H9.Sn/c1-2-3-4-5-7-12-14-15(18-10-9-17-14)16(20-12)13-8-6-11-19-13;3*1-3-4-2;/h6,8H,2-5,7,9-10H2,1H3;3*1,3-4H2,2H3;. The van der Waals surface area contributed by atoms with E-state index in [1.807, 2.05) is 14.2 Å². The zero-order valence-electron chi connectivity index (χ0n) is 21.6. The molecule has 186 valence electrons. The third-order valence-corrected chi connectivity index (χ3v) is 27.9. The second-order valence-electron chi connectivity index (χ2n) is 9.78. The molecule has 2 aromatic rings. The molecular formula is C28H46O2S2Sn. The van der Waals surface area contributed by atoms with Gasteiger partial charge >= 0.3 is 217 Å². The van der Waals surface area contributed by atoms with Crippen LogP contribution in [0.2, 0.25) is 13.3 Å². The average Bonchev–Trinajstić information content (AvgIpc) is 3.47. The first kappa shape index (κ1) is 27.4. The zero-order chi connectivity index (χ0) is 23.5. The summed E-state index contributed by atoms with van der Waals surface area (Å²) in [5, 5.41) is 0. The van der Waals surface area contributed by atoms with Crippen molar-refractivity contribution in [2.45, 2.75) is 112 Å². The van der Waals surface area contributed by atoms with Crippen molar-refractivity contribution < 1.29 is 9.47 Å². The Morgan fingerprint density at radius 1 is 0.697 bits per heavy atom. The van der Waals surface area contributed by atoms with Crippen LogP contribution in [-0.4, -0.2) is 31.6 Å². The Kier molecular flexibility index (Phi) is 11.9. The normalized spacial score (nSPS) is 13.6. The van der Waals surface area contributed by atoms with Gasteiger partial charge in [0.2, 0.25) is 0 Å². The molecule has 33 heavy (non-hydrogen) atoms. The maximum atomic E-state index is 6.22. The molecule has 1 aliphatic heterocycles. The Bertz CT molecular complexity index is 804. The number of ether oxygens (including phenoxy) is 2. The van der Waals surface area contributed by atoms with Crippen molar-refractivity contribution in [1.82, 2.24) is 0 Å². The first-order chi connectivity index (χ1) is 16.2. The first-order valence-corrected chi connectivity index (χ1v) is 22.8. The molecule has 2 nitrogen and oxygen atoms in total. The quantitative estimate of drug-likeness (QED) is 0.142. The van der Waals surface area contributed by atoms with E-state index in [9.17, 15) is 0 Å². The summed E-state index contributed by atoms with van der Waals surface area (Å²) in [6.07, 6.45) is 14.6. The summed E-state index contributed by atoms with van der Waals surface area (Å²) in [6, 6.07) is 4.98. The maximum absolute atomic E-state index is 6.22. The summed E-state index contributed by atoms with van der Waals surface area (Å²) in [7, 11) is 0. The van der Waals surface area contributed by atoms with Gasteiger partial charge in [0.25, 0.3) is 0 Å². The fraction of sp³-hybridized carbons (Fsp3) is 0.714. The first-order valence-electron chi connectivity index (χ1n) is 13.7. The summed E-state index contributed by atoms with van der Waals surface area (Å²) >= 11 is 1.70. The predicted octanol–water partition coefficient (Wildman–Crippen LogP) is 9.43. The number of unbranched alkanes of at least 4 members (excludes halogenated alkanes) is 6. The fourth-order valence-corrected chi connectivity index (χ4v) is 26.6. The van der Waals surface area contributed by atoms with Gasteiger partial charge in [0.05, 0.1) is 0 Å². The molecule has 0 saturated carbocycles. The Morgan fingerprint density at radius 2 is 1.30 bits per heavy atom. The van der Waals surface area contributed by atoms with Crippen LogP contribution in [-0.2, 0) is 6.42 Å². The van der Waals surface area contributed by atoms with Gasteiger partial charge in [-0.1, -0.05) is 0 Å². The topological polar surface area (TPSA) is 18.5 Å². The van der Waals surface area contributed by atoms with E-state index < -0.39 is 18.4 Å². The molecule has 5 heteroatoms. The predicted molar refractivity (Wildman–Crippen MR) is 151 cm³/mol. The number of rotatable bonds is 16. The fourth-order valence-electron chi connectivity index (χ4n) is 5.08. The van der Waals surface area contributed by atoms with E-state index in [-0.39, 0.29) is 0 Å². The van der Waals surface area contributed by atoms with E-state index in [0.29, 0.717) is 13.2 Å². The van der Waals surface area contributed by atoms with Gasteiger partial charge in [0, 0.05) is 0 Å². The van der Waals surface area contributed by atoms with E-state index in [0.717, 1.165) is 17.9 Å². The van der Waals surface area contributed by atoms with Crippen LogP contribution in [0.25, 0.3) is 9.75 Å². The monoisotopic (exact) mass is 598 g/mol. The summed E-state index contributed by atoms with van der Waals surface area (Å²) in [4.78, 5) is 4.18. The zero-order valence-corrected chi connectivity index (χ0v) is 26.1. The van der Waals surface area contributed by atoms with Crippen LogP contribution in [0.1, 0.15) is 96.8 Å². The van der Waals surface area contributed by atoms with E-state index >= 15 is 0 Å². The molecule has 1 aliphatic rings. The van der Waals surface area contributed by atoms with Gasteiger partial charge in [0.1, 0.15) is 0 Å². The van der Waals surface area contributed by atoms with Crippen LogP contribution in [0.4, 0.5) is 0 Å². The van der Waals surface area contributed by atoms with Crippen LogP contribution >= 0.6 is 22.7 Å². The third kappa shape index (κ3) is 7.16. The van der Waals surface area contributed by atoms with Crippen molar-refractivity contribution in [3.8, 4) is 21.3 Å². The summed E-state index contributed by atoms with van der Waals surface area (Å²) < 4.78 is 18.8. The van der Waals surface area contributed by atoms with Gasteiger partial charge in [0.15, 0.2) is 0 Å². The van der Waals surface area contributed by atoms with E-state index in [1.165, 1.54) is 92.1 Å². The van der Waals surface area contributed by atoms with Crippen molar-refractivity contribution >= 4 is 43.9 Å². The van der Waals surface area contributed by atoms with Gasteiger partial charge < -0.3 is 0 Å². The summed E-state index contributed by atoms with van der Waals surface area (Å²) in [5.74, 6) is 2.10. The van der Waals surface area contributed by atoms with Crippen molar-refractivity contribution in [1.29, 1.82) is 0 Å². The molecule has 0 radical (unpaired) electrons. The second-order valence-corrected chi connectivity index (χ2v) is 26.1. The van der Waals surface area contributed by atoms with Gasteiger partial charge in [-0.05, 0) is 0 Å². The molecule has 0 aromatic carbocycles. The van der Waals surface area contributed by atoms with Crippen LogP contribution in [0, 0.1) is 0 Å². The molecule has 0 fully saturated rings. The third-order valence-electron chi connectivity index (χ3n) is 7.10. The number of fused-ring (bicyclic) bond motifs is 1. The van der Waals surface area contributed by atoms with Gasteiger partial charge in [-0.15, -0.1) is 0 Å². The van der Waals surface area contributed by atoms with Crippen molar-refractivity contribution in [2.24, 2.45) is 0 Å². The molecule has 0 spiro atoms. The van der Waals surface area contributed by atoms with Gasteiger partial charge in [-0.3, -0.25) is 0 Å². The minimum atomic E-state index is -2.38. The Balaban J connectivity index is 1.91. The molecule has 0 aliphatic carbocycles. The van der Waals surface area contributed by atoms with Crippen molar-refractivity contribution in [2.75, 3.05) is 13.2 Å². The van der Waals surface area contributed by atoms with Gasteiger partial charge in [-0.25, -0.2) is 0 Å². The van der Waals surface area contributed by atoms with Crippen LogP contribution in [0.3, 0.4) is 0 Å². The number of hydrogen-bond donors (Lipinski definition) is 0. The number of thiophene rings is 2. The second kappa shape index (κ2) is 14.4. The van der Waals surface area contributed by atoms with Crippen molar-refractivity contribution in [3.63, 3.8) is 0 Å². The van der Waals surface area contributed by atoms with E-state index in [4.69, 9.17) is 9.47 Å². The molecule has 0 amide bonds. The molecule has 0 unspecified atom stereocenters. The average molecular weight is 598 g/mol. The van der Waals surface area contributed by atoms with Crippen molar-refractivity contribution in [3.05, 3.63) is 17.0 Å². The van der Waals surface area contributed by atoms with Gasteiger partial charge in [-0.2, -0.15) is 0 Å². The molecule has 0 atom stereocenters. The Labute approximate surface area is 215 Å². The molecule has 2 aromatic heterocycles. The summed E-state index contributed by atoms with van der Waals surface area (Å²) in [5.41, 5.74) is 0. The Hall–Kier alpha value is -0.201.